The van der Waals surface area contributed by atoms with Gasteiger partial charge in [-0.3, -0.25) is 9.48 Å². The number of nitrogens with zero attached hydrogens (tertiary/aromatic N) is 3. The Hall–Kier alpha value is -2.01. The molecule has 0 saturated heterocycles. The predicted molar refractivity (Wildman–Crippen MR) is 86.3 cm³/mol. The van der Waals surface area contributed by atoms with Gasteiger partial charge in [-0.25, -0.2) is 0 Å². The molecule has 5 nitrogen and oxygen atoms in total. The number of carbonyl (C=O) groups excluding carboxylic acids is 1. The minimum atomic E-state index is -0.199. The molecule has 1 aromatic heterocycles. The molecule has 6 heteroatoms. The number of hydrogen-bond acceptors (Lipinski definition) is 3. The van der Waals surface area contributed by atoms with Crippen LogP contribution in [0.2, 0.25) is 5.02 Å². The van der Waals surface area contributed by atoms with E-state index in [2.05, 4.69) is 10.4 Å². The largest absolute Gasteiger partial charge is 0.376 e. The van der Waals surface area contributed by atoms with Gasteiger partial charge in [0.15, 0.2) is 0 Å². The number of amides is 1. The molecule has 0 fully saturated rings. The average molecular weight is 307 g/mol. The molecule has 0 aliphatic carbocycles. The van der Waals surface area contributed by atoms with Gasteiger partial charge in [0.1, 0.15) is 5.69 Å². The first-order chi connectivity index (χ1) is 9.92. The summed E-state index contributed by atoms with van der Waals surface area (Å²) in [6, 6.07) is 7.21. The summed E-state index contributed by atoms with van der Waals surface area (Å²) < 4.78 is 1.59. The monoisotopic (exact) mass is 306 g/mol. The number of aryl methyl sites for hydroxylation is 2. The molecule has 2 rings (SSSR count). The molecule has 0 atom stereocenters. The van der Waals surface area contributed by atoms with Crippen molar-refractivity contribution in [3.05, 3.63) is 40.7 Å². The summed E-state index contributed by atoms with van der Waals surface area (Å²) in [4.78, 5) is 14.3. The van der Waals surface area contributed by atoms with Crippen LogP contribution in [0.25, 0.3) is 0 Å². The third-order valence-corrected chi connectivity index (χ3v) is 3.45. The number of halogens is 1. The van der Waals surface area contributed by atoms with Gasteiger partial charge < -0.3 is 10.2 Å². The third-order valence-electron chi connectivity index (χ3n) is 3.21. The summed E-state index contributed by atoms with van der Waals surface area (Å²) >= 11 is 6.02. The van der Waals surface area contributed by atoms with Crippen molar-refractivity contribution in [1.82, 2.24) is 9.78 Å². The molecular formula is C15H19ClN4O. The maximum Gasteiger partial charge on any atom is 0.273 e. The Labute approximate surface area is 129 Å². The Morgan fingerprint density at radius 1 is 1.38 bits per heavy atom. The minimum Gasteiger partial charge on any atom is -0.376 e. The van der Waals surface area contributed by atoms with Crippen LogP contribution < -0.4 is 10.2 Å². The minimum absolute atomic E-state index is 0.199. The van der Waals surface area contributed by atoms with Gasteiger partial charge in [-0.15, -0.1) is 0 Å². The van der Waals surface area contributed by atoms with Crippen molar-refractivity contribution in [2.75, 3.05) is 24.3 Å². The Kier molecular flexibility index (Phi) is 4.53. The second kappa shape index (κ2) is 6.18. The predicted octanol–water partition coefficient (Wildman–Crippen LogP) is 2.95. The van der Waals surface area contributed by atoms with Crippen LogP contribution >= 0.6 is 11.6 Å². The lowest BCUT2D eigenvalue weighted by atomic mass is 10.2. The Bertz CT molecular complexity index is 664. The van der Waals surface area contributed by atoms with Crippen molar-refractivity contribution in [2.45, 2.75) is 13.3 Å². The van der Waals surface area contributed by atoms with Gasteiger partial charge in [-0.2, -0.15) is 5.10 Å². The number of anilines is 2. The first kappa shape index (κ1) is 15.4. The van der Waals surface area contributed by atoms with E-state index in [0.29, 0.717) is 16.4 Å². The number of rotatable bonds is 4. The first-order valence-electron chi connectivity index (χ1n) is 6.73. The fourth-order valence-electron chi connectivity index (χ4n) is 2.10. The van der Waals surface area contributed by atoms with Crippen molar-refractivity contribution in [2.24, 2.45) is 7.05 Å². The molecule has 112 valence electrons. The molecule has 0 radical (unpaired) electrons. The summed E-state index contributed by atoms with van der Waals surface area (Å²) in [6.45, 7) is 2.01. The molecule has 21 heavy (non-hydrogen) atoms. The molecule has 2 aromatic rings. The lowest BCUT2D eigenvalue weighted by molar-refractivity contribution is 0.101. The van der Waals surface area contributed by atoms with Gasteiger partial charge in [0.05, 0.1) is 17.1 Å². The number of hydrogen-bond donors (Lipinski definition) is 1. The van der Waals surface area contributed by atoms with E-state index in [1.165, 1.54) is 0 Å². The lowest BCUT2D eigenvalue weighted by Crippen LogP contribution is -2.19. The molecule has 0 spiro atoms. The molecular weight excluding hydrogens is 288 g/mol. The number of benzene rings is 1. The highest BCUT2D eigenvalue weighted by Gasteiger charge is 2.15. The van der Waals surface area contributed by atoms with Gasteiger partial charge in [-0.1, -0.05) is 18.5 Å². The second-order valence-corrected chi connectivity index (χ2v) is 5.44. The highest BCUT2D eigenvalue weighted by atomic mass is 35.5. The van der Waals surface area contributed by atoms with E-state index in [1.54, 1.807) is 29.9 Å². The van der Waals surface area contributed by atoms with Crippen LogP contribution in [0.3, 0.4) is 0 Å². The summed E-state index contributed by atoms with van der Waals surface area (Å²) in [6.07, 6.45) is 0.793. The summed E-state index contributed by atoms with van der Waals surface area (Å²) in [5, 5.41) is 7.77. The van der Waals surface area contributed by atoms with E-state index in [-0.39, 0.29) is 5.91 Å². The van der Waals surface area contributed by atoms with Crippen molar-refractivity contribution in [3.8, 4) is 0 Å². The van der Waals surface area contributed by atoms with Gasteiger partial charge in [-0.05, 0) is 30.7 Å². The highest BCUT2D eigenvalue weighted by Crippen LogP contribution is 2.28. The zero-order valence-corrected chi connectivity index (χ0v) is 13.4. The topological polar surface area (TPSA) is 50.2 Å². The van der Waals surface area contributed by atoms with Crippen LogP contribution in [-0.2, 0) is 13.5 Å². The van der Waals surface area contributed by atoms with Gasteiger partial charge >= 0.3 is 0 Å². The third kappa shape index (κ3) is 3.36. The first-order valence-corrected chi connectivity index (χ1v) is 7.11. The second-order valence-electron chi connectivity index (χ2n) is 5.01. The molecule has 0 unspecified atom stereocenters. The molecule has 1 aromatic carbocycles. The van der Waals surface area contributed by atoms with Crippen LogP contribution in [0, 0.1) is 0 Å². The summed E-state index contributed by atoms with van der Waals surface area (Å²) in [7, 11) is 5.59. The molecule has 0 bridgehead atoms. The molecule has 1 heterocycles. The Morgan fingerprint density at radius 2 is 2.10 bits per heavy atom. The van der Waals surface area contributed by atoms with Crippen LogP contribution in [-0.4, -0.2) is 29.8 Å². The summed E-state index contributed by atoms with van der Waals surface area (Å²) in [5.41, 5.74) is 2.99. The maximum absolute atomic E-state index is 12.4. The van der Waals surface area contributed by atoms with E-state index >= 15 is 0 Å². The molecule has 0 saturated carbocycles. The van der Waals surface area contributed by atoms with Crippen molar-refractivity contribution in [3.63, 3.8) is 0 Å². The lowest BCUT2D eigenvalue weighted by Gasteiger charge is -2.18. The molecule has 1 N–H and O–H groups in total. The fourth-order valence-corrected chi connectivity index (χ4v) is 2.27. The van der Waals surface area contributed by atoms with E-state index < -0.39 is 0 Å². The van der Waals surface area contributed by atoms with Crippen LogP contribution in [0.4, 0.5) is 11.4 Å². The molecule has 1 amide bonds. The standard InChI is InChI=1S/C15H19ClN4O/c1-5-11-9-14(20(4)18-11)15(21)17-12-8-10(16)6-7-13(12)19(2)3/h6-9H,5H2,1-4H3,(H,17,21). The van der Waals surface area contributed by atoms with Crippen LogP contribution in [0.5, 0.6) is 0 Å². The van der Waals surface area contributed by atoms with E-state index in [4.69, 9.17) is 11.6 Å². The zero-order valence-electron chi connectivity index (χ0n) is 12.6. The maximum atomic E-state index is 12.4. The normalized spacial score (nSPS) is 10.5. The van der Waals surface area contributed by atoms with Gasteiger partial charge in [0.25, 0.3) is 5.91 Å². The number of aromatic nitrogens is 2. The average Bonchev–Trinajstić information content (AvgIpc) is 2.80. The van der Waals surface area contributed by atoms with E-state index in [0.717, 1.165) is 17.8 Å². The van der Waals surface area contributed by atoms with Gasteiger partial charge in [0.2, 0.25) is 0 Å². The molecule has 0 aliphatic rings. The van der Waals surface area contributed by atoms with E-state index in [1.807, 2.05) is 32.0 Å². The zero-order chi connectivity index (χ0) is 15.6. The SMILES string of the molecule is CCc1cc(C(=O)Nc2cc(Cl)ccc2N(C)C)n(C)n1. The van der Waals surface area contributed by atoms with E-state index in [9.17, 15) is 4.79 Å². The highest BCUT2D eigenvalue weighted by molar-refractivity contribution is 6.31. The number of carbonyl (C=O) groups is 1. The fraction of sp³-hybridized carbons (Fsp3) is 0.333. The number of nitrogens with one attached hydrogen (secondary N) is 1. The Balaban J connectivity index is 2.30. The van der Waals surface area contributed by atoms with Crippen molar-refractivity contribution < 1.29 is 4.79 Å². The van der Waals surface area contributed by atoms with Gasteiger partial charge in [0, 0.05) is 26.2 Å². The van der Waals surface area contributed by atoms with Crippen LogP contribution in [0.1, 0.15) is 23.1 Å². The van der Waals surface area contributed by atoms with Crippen molar-refractivity contribution in [1.29, 1.82) is 0 Å². The van der Waals surface area contributed by atoms with Crippen LogP contribution in [0.15, 0.2) is 24.3 Å². The van der Waals surface area contributed by atoms with Crippen molar-refractivity contribution >= 4 is 28.9 Å². The summed E-state index contributed by atoms with van der Waals surface area (Å²) in [5.74, 6) is -0.199. The molecule has 0 aliphatic heterocycles. The smallest absolute Gasteiger partial charge is 0.273 e. The Morgan fingerprint density at radius 3 is 2.67 bits per heavy atom. The quantitative estimate of drug-likeness (QED) is 0.945.